The molecule has 3 nitrogen and oxygen atoms in total. The van der Waals surface area contributed by atoms with Gasteiger partial charge in [0.05, 0.1) is 4.88 Å². The van der Waals surface area contributed by atoms with Crippen molar-refractivity contribution in [2.24, 2.45) is 0 Å². The van der Waals surface area contributed by atoms with E-state index in [2.05, 4.69) is 32.9 Å². The van der Waals surface area contributed by atoms with Crippen LogP contribution in [0.15, 0.2) is 23.6 Å². The molecule has 1 aromatic heterocycles. The summed E-state index contributed by atoms with van der Waals surface area (Å²) in [4.78, 5) is 15.1. The van der Waals surface area contributed by atoms with Crippen LogP contribution in [0.3, 0.4) is 0 Å². The topological polar surface area (TPSA) is 29.5 Å². The first-order valence-electron chi connectivity index (χ1n) is 8.12. The molecule has 2 heterocycles. The predicted octanol–water partition coefficient (Wildman–Crippen LogP) is 4.49. The van der Waals surface area contributed by atoms with E-state index in [0.29, 0.717) is 6.61 Å². The summed E-state index contributed by atoms with van der Waals surface area (Å²) in [7, 11) is 0. The minimum absolute atomic E-state index is 0.168. The molecular formula is C19H23NO2S. The molecule has 3 rings (SSSR count). The summed E-state index contributed by atoms with van der Waals surface area (Å²) < 4.78 is 6.01. The van der Waals surface area contributed by atoms with Gasteiger partial charge in [-0.2, -0.15) is 0 Å². The minimum Gasteiger partial charge on any atom is -0.488 e. The van der Waals surface area contributed by atoms with Crippen molar-refractivity contribution in [3.8, 4) is 5.75 Å². The number of hydrogen-bond donors (Lipinski definition) is 0. The molecule has 1 aliphatic rings. The van der Waals surface area contributed by atoms with Gasteiger partial charge in [-0.25, -0.2) is 0 Å². The zero-order valence-corrected chi connectivity index (χ0v) is 14.8. The highest BCUT2D eigenvalue weighted by molar-refractivity contribution is 7.12. The van der Waals surface area contributed by atoms with E-state index in [1.54, 1.807) is 0 Å². The summed E-state index contributed by atoms with van der Waals surface area (Å²) in [6.07, 6.45) is 2.25. The Kier molecular flexibility index (Phi) is 4.71. The second kappa shape index (κ2) is 6.75. The van der Waals surface area contributed by atoms with E-state index in [9.17, 15) is 4.79 Å². The van der Waals surface area contributed by atoms with Crippen molar-refractivity contribution >= 4 is 17.2 Å². The van der Waals surface area contributed by atoms with Crippen LogP contribution < -0.4 is 4.74 Å². The van der Waals surface area contributed by atoms with Gasteiger partial charge in [-0.15, -0.1) is 11.3 Å². The van der Waals surface area contributed by atoms with Crippen LogP contribution in [0.5, 0.6) is 5.75 Å². The van der Waals surface area contributed by atoms with Crippen LogP contribution in [0.25, 0.3) is 0 Å². The van der Waals surface area contributed by atoms with Crippen LogP contribution >= 0.6 is 11.3 Å². The molecule has 0 atom stereocenters. The SMILES string of the molecule is Cc1cc(C)c(OCc2csc(C(=O)N3CCCC3)c2)c(C)c1. The Bertz CT molecular complexity index is 691. The summed E-state index contributed by atoms with van der Waals surface area (Å²) in [5.41, 5.74) is 4.63. The van der Waals surface area contributed by atoms with Crippen LogP contribution in [-0.4, -0.2) is 23.9 Å². The van der Waals surface area contributed by atoms with Gasteiger partial charge >= 0.3 is 0 Å². The molecule has 4 heteroatoms. The zero-order chi connectivity index (χ0) is 16.4. The molecule has 0 saturated carbocycles. The number of likely N-dealkylation sites (tertiary alicyclic amines) is 1. The first kappa shape index (κ1) is 16.1. The van der Waals surface area contributed by atoms with E-state index >= 15 is 0 Å². The largest absolute Gasteiger partial charge is 0.488 e. The molecule has 0 unspecified atom stereocenters. The summed E-state index contributed by atoms with van der Waals surface area (Å²) in [6.45, 7) is 8.54. The number of thiophene rings is 1. The summed E-state index contributed by atoms with van der Waals surface area (Å²) in [6, 6.07) is 6.25. The molecular weight excluding hydrogens is 306 g/mol. The van der Waals surface area contributed by atoms with Crippen molar-refractivity contribution in [3.63, 3.8) is 0 Å². The van der Waals surface area contributed by atoms with Crippen LogP contribution in [0.1, 0.15) is 44.8 Å². The van der Waals surface area contributed by atoms with Crippen molar-refractivity contribution in [2.45, 2.75) is 40.2 Å². The fraction of sp³-hybridized carbons (Fsp3) is 0.421. The average molecular weight is 329 g/mol. The van der Waals surface area contributed by atoms with Crippen LogP contribution in [0, 0.1) is 20.8 Å². The maximum Gasteiger partial charge on any atom is 0.263 e. The van der Waals surface area contributed by atoms with Gasteiger partial charge in [0, 0.05) is 18.7 Å². The summed E-state index contributed by atoms with van der Waals surface area (Å²) in [5, 5.41) is 2.03. The maximum atomic E-state index is 12.4. The molecule has 0 bridgehead atoms. The van der Waals surface area contributed by atoms with E-state index in [-0.39, 0.29) is 5.91 Å². The van der Waals surface area contributed by atoms with Crippen LogP contribution in [0.4, 0.5) is 0 Å². The lowest BCUT2D eigenvalue weighted by Gasteiger charge is -2.13. The minimum atomic E-state index is 0.168. The molecule has 1 aliphatic heterocycles. The van der Waals surface area contributed by atoms with E-state index in [4.69, 9.17) is 4.74 Å². The molecule has 122 valence electrons. The normalized spacial score (nSPS) is 14.3. The Labute approximate surface area is 141 Å². The second-order valence-electron chi connectivity index (χ2n) is 6.34. The van der Waals surface area contributed by atoms with Crippen molar-refractivity contribution in [1.82, 2.24) is 4.90 Å². The summed E-state index contributed by atoms with van der Waals surface area (Å²) >= 11 is 1.52. The monoisotopic (exact) mass is 329 g/mol. The molecule has 1 fully saturated rings. The fourth-order valence-electron chi connectivity index (χ4n) is 3.19. The Hall–Kier alpha value is -1.81. The second-order valence-corrected chi connectivity index (χ2v) is 7.25. The molecule has 1 amide bonds. The number of aryl methyl sites for hydroxylation is 3. The first-order valence-corrected chi connectivity index (χ1v) is 9.00. The number of rotatable bonds is 4. The third-order valence-electron chi connectivity index (χ3n) is 4.25. The van der Waals surface area contributed by atoms with Gasteiger partial charge in [-0.05, 0) is 56.2 Å². The summed E-state index contributed by atoms with van der Waals surface area (Å²) in [5.74, 6) is 1.12. The van der Waals surface area contributed by atoms with Gasteiger partial charge in [-0.1, -0.05) is 17.7 Å². The lowest BCUT2D eigenvalue weighted by molar-refractivity contribution is 0.0797. The number of amides is 1. The van der Waals surface area contributed by atoms with E-state index in [1.807, 2.05) is 16.3 Å². The Morgan fingerprint density at radius 1 is 1.13 bits per heavy atom. The van der Waals surface area contributed by atoms with E-state index in [0.717, 1.165) is 53.2 Å². The predicted molar refractivity (Wildman–Crippen MR) is 94.4 cm³/mol. The van der Waals surface area contributed by atoms with Gasteiger partial charge in [0.2, 0.25) is 0 Å². The third-order valence-corrected chi connectivity index (χ3v) is 5.21. The third kappa shape index (κ3) is 3.58. The Morgan fingerprint density at radius 2 is 1.78 bits per heavy atom. The highest BCUT2D eigenvalue weighted by Gasteiger charge is 2.20. The van der Waals surface area contributed by atoms with E-state index in [1.165, 1.54) is 16.9 Å². The van der Waals surface area contributed by atoms with Crippen molar-refractivity contribution < 1.29 is 9.53 Å². The average Bonchev–Trinajstić information content (AvgIpc) is 3.17. The van der Waals surface area contributed by atoms with Crippen LogP contribution in [-0.2, 0) is 6.61 Å². The number of carbonyl (C=O) groups is 1. The quantitative estimate of drug-likeness (QED) is 0.827. The molecule has 1 saturated heterocycles. The Balaban J connectivity index is 1.67. The van der Waals surface area contributed by atoms with Crippen molar-refractivity contribution in [2.75, 3.05) is 13.1 Å². The zero-order valence-electron chi connectivity index (χ0n) is 14.0. The number of hydrogen-bond acceptors (Lipinski definition) is 3. The molecule has 1 aromatic carbocycles. The maximum absolute atomic E-state index is 12.4. The van der Waals surface area contributed by atoms with Crippen molar-refractivity contribution in [1.29, 1.82) is 0 Å². The van der Waals surface area contributed by atoms with Gasteiger partial charge in [0.15, 0.2) is 0 Å². The number of carbonyl (C=O) groups excluding carboxylic acids is 1. The Morgan fingerprint density at radius 3 is 2.43 bits per heavy atom. The first-order chi connectivity index (χ1) is 11.0. The molecule has 0 N–H and O–H groups in total. The van der Waals surface area contributed by atoms with Crippen molar-refractivity contribution in [3.05, 3.63) is 50.7 Å². The smallest absolute Gasteiger partial charge is 0.263 e. The highest BCUT2D eigenvalue weighted by Crippen LogP contribution is 2.26. The highest BCUT2D eigenvalue weighted by atomic mass is 32.1. The molecule has 0 aliphatic carbocycles. The molecule has 2 aromatic rings. The number of nitrogens with zero attached hydrogens (tertiary/aromatic N) is 1. The molecule has 0 spiro atoms. The lowest BCUT2D eigenvalue weighted by Crippen LogP contribution is -2.26. The van der Waals surface area contributed by atoms with Gasteiger partial charge in [-0.3, -0.25) is 4.79 Å². The number of benzene rings is 1. The van der Waals surface area contributed by atoms with Gasteiger partial charge in [0.25, 0.3) is 5.91 Å². The lowest BCUT2D eigenvalue weighted by atomic mass is 10.1. The number of ether oxygens (including phenoxy) is 1. The van der Waals surface area contributed by atoms with Gasteiger partial charge < -0.3 is 9.64 Å². The fourth-order valence-corrected chi connectivity index (χ4v) is 4.05. The van der Waals surface area contributed by atoms with Gasteiger partial charge in [0.1, 0.15) is 12.4 Å². The van der Waals surface area contributed by atoms with E-state index < -0.39 is 0 Å². The molecule has 0 radical (unpaired) electrons. The standard InChI is InChI=1S/C19H23NO2S/c1-13-8-14(2)18(15(3)9-13)22-11-16-10-17(23-12-16)19(21)20-6-4-5-7-20/h8-10,12H,4-7,11H2,1-3H3. The molecule has 23 heavy (non-hydrogen) atoms. The van der Waals surface area contributed by atoms with Crippen LogP contribution in [0.2, 0.25) is 0 Å².